The van der Waals surface area contributed by atoms with E-state index in [2.05, 4.69) is 68.9 Å². The highest BCUT2D eigenvalue weighted by Gasteiger charge is 2.21. The minimum atomic E-state index is 0.231. The van der Waals surface area contributed by atoms with Gasteiger partial charge in [-0.1, -0.05) is 38.1 Å². The number of ether oxygens (including phenoxy) is 1. The second kappa shape index (κ2) is 9.55. The summed E-state index contributed by atoms with van der Waals surface area (Å²) < 4.78 is 5.52. The molecule has 0 saturated carbocycles. The minimum Gasteiger partial charge on any atom is -0.496 e. The quantitative estimate of drug-likeness (QED) is 0.653. The topological polar surface area (TPSA) is 37.7 Å². The highest BCUT2D eigenvalue weighted by atomic mass is 32.1. The Kier molecular flexibility index (Phi) is 7.42. The zero-order valence-electron chi connectivity index (χ0n) is 16.3. The zero-order valence-corrected chi connectivity index (χ0v) is 17.1. The van der Waals surface area contributed by atoms with E-state index in [-0.39, 0.29) is 6.04 Å². The normalized spacial score (nSPS) is 12.1. The van der Waals surface area contributed by atoms with E-state index in [1.54, 1.807) is 7.11 Å². The summed E-state index contributed by atoms with van der Waals surface area (Å²) in [4.78, 5) is 1.31. The molecule has 3 N–H and O–H groups in total. The van der Waals surface area contributed by atoms with E-state index in [1.165, 1.54) is 16.0 Å². The third-order valence-corrected chi connectivity index (χ3v) is 4.76. The van der Waals surface area contributed by atoms with Crippen molar-refractivity contribution in [2.75, 3.05) is 33.1 Å². The maximum atomic E-state index is 5.52. The van der Waals surface area contributed by atoms with E-state index in [9.17, 15) is 0 Å². The summed E-state index contributed by atoms with van der Waals surface area (Å²) in [5.41, 5.74) is 3.49. The lowest BCUT2D eigenvalue weighted by Crippen LogP contribution is -3.07. The molecule has 0 unspecified atom stereocenters. The Morgan fingerprint density at radius 2 is 1.73 bits per heavy atom. The monoisotopic (exact) mass is 372 g/mol. The Morgan fingerprint density at radius 3 is 2.31 bits per heavy atom. The van der Waals surface area contributed by atoms with Crippen LogP contribution in [0.15, 0.2) is 48.5 Å². The number of quaternary nitrogens is 1. The second-order valence-electron chi connectivity index (χ2n) is 6.98. The van der Waals surface area contributed by atoms with Crippen molar-refractivity contribution < 1.29 is 9.64 Å². The molecule has 0 aliphatic heterocycles. The van der Waals surface area contributed by atoms with Crippen LogP contribution in [0.3, 0.4) is 0 Å². The maximum absolute atomic E-state index is 5.52. The highest BCUT2D eigenvalue weighted by molar-refractivity contribution is 7.80. The van der Waals surface area contributed by atoms with E-state index in [1.807, 2.05) is 18.2 Å². The van der Waals surface area contributed by atoms with Crippen molar-refractivity contribution in [2.24, 2.45) is 0 Å². The Balaban J connectivity index is 1.99. The van der Waals surface area contributed by atoms with Gasteiger partial charge in [0.1, 0.15) is 11.8 Å². The van der Waals surface area contributed by atoms with Gasteiger partial charge in [-0.2, -0.15) is 0 Å². The average Bonchev–Trinajstić information content (AvgIpc) is 2.62. The van der Waals surface area contributed by atoms with Gasteiger partial charge in [0.05, 0.1) is 33.3 Å². The van der Waals surface area contributed by atoms with E-state index in [4.69, 9.17) is 17.0 Å². The van der Waals surface area contributed by atoms with Crippen LogP contribution in [0, 0.1) is 0 Å². The molecule has 0 amide bonds. The molecule has 140 valence electrons. The van der Waals surface area contributed by atoms with E-state index in [0.717, 1.165) is 18.0 Å². The van der Waals surface area contributed by atoms with Crippen LogP contribution in [-0.2, 0) is 0 Å². The summed E-state index contributed by atoms with van der Waals surface area (Å²) in [5, 5.41) is 7.23. The lowest BCUT2D eigenvalue weighted by atomic mass is 10.0. The molecule has 0 radical (unpaired) electrons. The van der Waals surface area contributed by atoms with E-state index in [0.29, 0.717) is 11.0 Å². The van der Waals surface area contributed by atoms with Gasteiger partial charge in [-0.15, -0.1) is 0 Å². The smallest absolute Gasteiger partial charge is 0.171 e. The predicted molar refractivity (Wildman–Crippen MR) is 113 cm³/mol. The van der Waals surface area contributed by atoms with Gasteiger partial charge in [0.2, 0.25) is 0 Å². The number of benzene rings is 2. The fourth-order valence-electron chi connectivity index (χ4n) is 2.90. The lowest BCUT2D eigenvalue weighted by Gasteiger charge is -2.24. The Bertz CT molecular complexity index is 713. The molecule has 2 rings (SSSR count). The van der Waals surface area contributed by atoms with Crippen molar-refractivity contribution in [3.63, 3.8) is 0 Å². The number of likely N-dealkylation sites (N-methyl/N-ethyl adjacent to an activating group) is 1. The first-order valence-corrected chi connectivity index (χ1v) is 9.41. The Morgan fingerprint density at radius 1 is 1.08 bits per heavy atom. The van der Waals surface area contributed by atoms with Crippen molar-refractivity contribution in [3.8, 4) is 5.75 Å². The van der Waals surface area contributed by atoms with Crippen molar-refractivity contribution >= 4 is 23.0 Å². The molecule has 5 heteroatoms. The van der Waals surface area contributed by atoms with Gasteiger partial charge in [-0.3, -0.25) is 0 Å². The van der Waals surface area contributed by atoms with Crippen LogP contribution >= 0.6 is 12.2 Å². The molecule has 0 bridgehead atoms. The van der Waals surface area contributed by atoms with Gasteiger partial charge in [-0.05, 0) is 48.0 Å². The van der Waals surface area contributed by atoms with Gasteiger partial charge in [0, 0.05) is 5.69 Å². The molecular weight excluding hydrogens is 342 g/mol. The van der Waals surface area contributed by atoms with E-state index < -0.39 is 0 Å². The lowest BCUT2D eigenvalue weighted by molar-refractivity contribution is -0.890. The van der Waals surface area contributed by atoms with Crippen molar-refractivity contribution in [3.05, 3.63) is 59.7 Å². The standard InChI is InChI=1S/C21H29N3OS/c1-15(2)16-10-12-17(13-11-16)23-21(26)22-14-19(24(3)4)18-8-6-7-9-20(18)25-5/h6-13,15,19H,14H2,1-5H3,(H2,22,23,26)/p+1/t19-/m1/s1. The molecule has 2 aromatic rings. The third-order valence-electron chi connectivity index (χ3n) is 4.51. The summed E-state index contributed by atoms with van der Waals surface area (Å²) in [5.74, 6) is 1.43. The fraction of sp³-hybridized carbons (Fsp3) is 0.381. The van der Waals surface area contributed by atoms with Crippen LogP contribution in [0.1, 0.15) is 36.9 Å². The molecule has 0 saturated heterocycles. The number of para-hydroxylation sites is 1. The molecule has 4 nitrogen and oxygen atoms in total. The van der Waals surface area contributed by atoms with Crippen LogP contribution in [-0.4, -0.2) is 32.9 Å². The molecule has 0 aliphatic rings. The summed E-state index contributed by atoms with van der Waals surface area (Å²) in [6, 6.07) is 16.8. The fourth-order valence-corrected chi connectivity index (χ4v) is 3.10. The second-order valence-corrected chi connectivity index (χ2v) is 7.39. The molecule has 1 atom stereocenters. The van der Waals surface area contributed by atoms with Crippen LogP contribution in [0.2, 0.25) is 0 Å². The first kappa shape index (κ1) is 20.2. The van der Waals surface area contributed by atoms with Gasteiger partial charge in [-0.25, -0.2) is 0 Å². The maximum Gasteiger partial charge on any atom is 0.171 e. The van der Waals surface area contributed by atoms with Gasteiger partial charge < -0.3 is 20.3 Å². The molecule has 2 aromatic carbocycles. The molecule has 0 aromatic heterocycles. The minimum absolute atomic E-state index is 0.231. The summed E-state index contributed by atoms with van der Waals surface area (Å²) >= 11 is 5.47. The average molecular weight is 373 g/mol. The van der Waals surface area contributed by atoms with Crippen molar-refractivity contribution in [1.82, 2.24) is 5.32 Å². The Labute approximate surface area is 162 Å². The number of hydrogen-bond acceptors (Lipinski definition) is 2. The first-order valence-electron chi connectivity index (χ1n) is 9.00. The van der Waals surface area contributed by atoms with Crippen LogP contribution < -0.4 is 20.3 Å². The van der Waals surface area contributed by atoms with E-state index >= 15 is 0 Å². The van der Waals surface area contributed by atoms with Crippen LogP contribution in [0.25, 0.3) is 0 Å². The molecule has 0 aliphatic carbocycles. The SMILES string of the molecule is COc1ccccc1[C@@H](CNC(=S)Nc1ccc(C(C)C)cc1)[NH+](C)C. The number of methoxy groups -OCH3 is 1. The molecular formula is C21H30N3OS+. The van der Waals surface area contributed by atoms with Crippen LogP contribution in [0.5, 0.6) is 5.75 Å². The van der Waals surface area contributed by atoms with Gasteiger partial charge >= 0.3 is 0 Å². The Hall–Kier alpha value is -2.11. The molecule has 0 fully saturated rings. The summed E-state index contributed by atoms with van der Waals surface area (Å²) in [6.45, 7) is 5.10. The van der Waals surface area contributed by atoms with Gasteiger partial charge in [0.25, 0.3) is 0 Å². The number of rotatable bonds is 7. The largest absolute Gasteiger partial charge is 0.496 e. The van der Waals surface area contributed by atoms with Crippen molar-refractivity contribution in [2.45, 2.75) is 25.8 Å². The number of thiocarbonyl (C=S) groups is 1. The third kappa shape index (κ3) is 5.44. The molecule has 0 spiro atoms. The number of anilines is 1. The predicted octanol–water partition coefficient (Wildman–Crippen LogP) is 2.99. The number of hydrogen-bond donors (Lipinski definition) is 3. The summed E-state index contributed by atoms with van der Waals surface area (Å²) in [7, 11) is 5.99. The molecule has 0 heterocycles. The number of nitrogens with one attached hydrogen (secondary N) is 3. The zero-order chi connectivity index (χ0) is 19.1. The van der Waals surface area contributed by atoms with Crippen molar-refractivity contribution in [1.29, 1.82) is 0 Å². The van der Waals surface area contributed by atoms with Gasteiger partial charge in [0.15, 0.2) is 5.11 Å². The van der Waals surface area contributed by atoms with Crippen LogP contribution in [0.4, 0.5) is 5.69 Å². The first-order chi connectivity index (χ1) is 12.4. The molecule has 26 heavy (non-hydrogen) atoms. The summed E-state index contributed by atoms with van der Waals surface area (Å²) in [6.07, 6.45) is 0. The highest BCUT2D eigenvalue weighted by Crippen LogP contribution is 2.22.